The Morgan fingerprint density at radius 1 is 1.50 bits per heavy atom. The summed E-state index contributed by atoms with van der Waals surface area (Å²) < 4.78 is 0. The van der Waals surface area contributed by atoms with E-state index in [0.717, 1.165) is 12.1 Å². The number of hydrogen-bond donors (Lipinski definition) is 1. The van der Waals surface area contributed by atoms with Gasteiger partial charge in [-0.05, 0) is 12.5 Å². The molecule has 0 saturated carbocycles. The number of hydrogen-bond acceptors (Lipinski definition) is 3. The molecule has 0 aliphatic rings. The zero-order valence-electron chi connectivity index (χ0n) is 7.04. The van der Waals surface area contributed by atoms with Gasteiger partial charge in [0.2, 0.25) is 5.95 Å². The standard InChI is InChI=1S/C9H11N3/c1-3-4-5-10-9-11-6-8(2)7-12-9/h1,6-7H,4-5H2,2H3,(H,10,11,12). The third-order valence-electron chi connectivity index (χ3n) is 1.33. The van der Waals surface area contributed by atoms with Gasteiger partial charge in [-0.1, -0.05) is 0 Å². The number of aryl methyl sites for hydroxylation is 1. The minimum Gasteiger partial charge on any atom is -0.353 e. The lowest BCUT2D eigenvalue weighted by molar-refractivity contribution is 1.02. The summed E-state index contributed by atoms with van der Waals surface area (Å²) in [6.45, 7) is 2.67. The van der Waals surface area contributed by atoms with E-state index in [1.807, 2.05) is 6.92 Å². The highest BCUT2D eigenvalue weighted by atomic mass is 15.1. The van der Waals surface area contributed by atoms with Crippen LogP contribution >= 0.6 is 0 Å². The maximum Gasteiger partial charge on any atom is 0.222 e. The number of terminal acetylenes is 1. The SMILES string of the molecule is C#CCCNc1ncc(C)cn1. The van der Waals surface area contributed by atoms with Crippen LogP contribution in [0.4, 0.5) is 5.95 Å². The Morgan fingerprint density at radius 2 is 2.17 bits per heavy atom. The number of nitrogens with one attached hydrogen (secondary N) is 1. The molecule has 0 unspecified atom stereocenters. The van der Waals surface area contributed by atoms with Crippen molar-refractivity contribution in [2.45, 2.75) is 13.3 Å². The van der Waals surface area contributed by atoms with Gasteiger partial charge in [0, 0.05) is 25.4 Å². The van der Waals surface area contributed by atoms with Crippen molar-refractivity contribution in [3.8, 4) is 12.3 Å². The quantitative estimate of drug-likeness (QED) is 0.535. The molecule has 0 spiro atoms. The predicted octanol–water partition coefficient (Wildman–Crippen LogP) is 1.22. The van der Waals surface area contributed by atoms with Gasteiger partial charge >= 0.3 is 0 Å². The first-order chi connectivity index (χ1) is 5.83. The summed E-state index contributed by atoms with van der Waals surface area (Å²) in [4.78, 5) is 8.12. The highest BCUT2D eigenvalue weighted by Crippen LogP contribution is 1.97. The first-order valence-corrected chi connectivity index (χ1v) is 3.79. The summed E-state index contributed by atoms with van der Waals surface area (Å²) in [7, 11) is 0. The van der Waals surface area contributed by atoms with Crippen LogP contribution in [-0.4, -0.2) is 16.5 Å². The van der Waals surface area contributed by atoms with Crippen molar-refractivity contribution >= 4 is 5.95 Å². The Kier molecular flexibility index (Phi) is 3.09. The topological polar surface area (TPSA) is 37.8 Å². The van der Waals surface area contributed by atoms with E-state index in [9.17, 15) is 0 Å². The fraction of sp³-hybridized carbons (Fsp3) is 0.333. The smallest absolute Gasteiger partial charge is 0.222 e. The molecule has 0 atom stereocenters. The van der Waals surface area contributed by atoms with Crippen molar-refractivity contribution < 1.29 is 0 Å². The lowest BCUT2D eigenvalue weighted by Gasteiger charge is -2.00. The summed E-state index contributed by atoms with van der Waals surface area (Å²) >= 11 is 0. The molecular formula is C9H11N3. The molecule has 0 fully saturated rings. The van der Waals surface area contributed by atoms with Crippen molar-refractivity contribution in [3.63, 3.8) is 0 Å². The third kappa shape index (κ3) is 2.59. The first kappa shape index (κ1) is 8.54. The zero-order valence-corrected chi connectivity index (χ0v) is 7.04. The van der Waals surface area contributed by atoms with E-state index in [0.29, 0.717) is 12.4 Å². The average molecular weight is 161 g/mol. The van der Waals surface area contributed by atoms with Gasteiger partial charge in [0.05, 0.1) is 0 Å². The first-order valence-electron chi connectivity index (χ1n) is 3.79. The largest absolute Gasteiger partial charge is 0.353 e. The Hall–Kier alpha value is -1.56. The maximum absolute atomic E-state index is 5.09. The van der Waals surface area contributed by atoms with Crippen LogP contribution in [-0.2, 0) is 0 Å². The fourth-order valence-corrected chi connectivity index (χ4v) is 0.730. The van der Waals surface area contributed by atoms with E-state index in [4.69, 9.17) is 6.42 Å². The van der Waals surface area contributed by atoms with Crippen molar-refractivity contribution in [3.05, 3.63) is 18.0 Å². The second-order valence-electron chi connectivity index (χ2n) is 2.46. The summed E-state index contributed by atoms with van der Waals surface area (Å²) in [5, 5.41) is 3.01. The normalized spacial score (nSPS) is 9.00. The number of rotatable bonds is 3. The van der Waals surface area contributed by atoms with Crippen molar-refractivity contribution in [1.29, 1.82) is 0 Å². The lowest BCUT2D eigenvalue weighted by atomic mass is 10.4. The second-order valence-corrected chi connectivity index (χ2v) is 2.46. The molecule has 0 aliphatic heterocycles. The van der Waals surface area contributed by atoms with Crippen LogP contribution in [0, 0.1) is 19.3 Å². The summed E-state index contributed by atoms with van der Waals surface area (Å²) in [6.07, 6.45) is 9.32. The molecule has 1 N–H and O–H groups in total. The Labute approximate surface area is 72.2 Å². The Balaban J connectivity index is 2.43. The molecule has 1 aromatic heterocycles. The van der Waals surface area contributed by atoms with E-state index in [-0.39, 0.29) is 0 Å². The van der Waals surface area contributed by atoms with Crippen LogP contribution in [0.3, 0.4) is 0 Å². The zero-order chi connectivity index (χ0) is 8.81. The van der Waals surface area contributed by atoms with Crippen LogP contribution in [0.1, 0.15) is 12.0 Å². The van der Waals surface area contributed by atoms with Gasteiger partial charge in [0.1, 0.15) is 0 Å². The van der Waals surface area contributed by atoms with Gasteiger partial charge < -0.3 is 5.32 Å². The molecule has 0 radical (unpaired) electrons. The minimum absolute atomic E-state index is 0.635. The molecule has 0 aliphatic carbocycles. The summed E-state index contributed by atoms with van der Waals surface area (Å²) in [5.74, 6) is 3.17. The molecular weight excluding hydrogens is 150 g/mol. The van der Waals surface area contributed by atoms with E-state index in [2.05, 4.69) is 21.2 Å². The number of aromatic nitrogens is 2. The average Bonchev–Trinajstić information content (AvgIpc) is 2.09. The van der Waals surface area contributed by atoms with Gasteiger partial charge in [-0.25, -0.2) is 9.97 Å². The van der Waals surface area contributed by atoms with Gasteiger partial charge in [-0.3, -0.25) is 0 Å². The van der Waals surface area contributed by atoms with Crippen LogP contribution in [0.2, 0.25) is 0 Å². The molecule has 1 rings (SSSR count). The van der Waals surface area contributed by atoms with E-state index >= 15 is 0 Å². The molecule has 0 aromatic carbocycles. The van der Waals surface area contributed by atoms with Crippen LogP contribution in [0.25, 0.3) is 0 Å². The summed E-state index contributed by atoms with van der Waals surface area (Å²) in [5.41, 5.74) is 1.05. The van der Waals surface area contributed by atoms with Crippen molar-refractivity contribution in [2.75, 3.05) is 11.9 Å². The van der Waals surface area contributed by atoms with Crippen molar-refractivity contribution in [2.24, 2.45) is 0 Å². The van der Waals surface area contributed by atoms with Crippen LogP contribution in [0.5, 0.6) is 0 Å². The Bertz CT molecular complexity index is 271. The third-order valence-corrected chi connectivity index (χ3v) is 1.33. The summed E-state index contributed by atoms with van der Waals surface area (Å²) in [6, 6.07) is 0. The monoisotopic (exact) mass is 161 g/mol. The van der Waals surface area contributed by atoms with E-state index in [1.54, 1.807) is 12.4 Å². The molecule has 1 aromatic rings. The molecule has 0 bridgehead atoms. The predicted molar refractivity (Wildman–Crippen MR) is 48.7 cm³/mol. The molecule has 12 heavy (non-hydrogen) atoms. The molecule has 1 heterocycles. The number of nitrogens with zero attached hydrogens (tertiary/aromatic N) is 2. The lowest BCUT2D eigenvalue weighted by Crippen LogP contribution is -2.04. The molecule has 62 valence electrons. The Morgan fingerprint density at radius 3 is 2.75 bits per heavy atom. The maximum atomic E-state index is 5.09. The fourth-order valence-electron chi connectivity index (χ4n) is 0.730. The van der Waals surface area contributed by atoms with E-state index < -0.39 is 0 Å². The van der Waals surface area contributed by atoms with Gasteiger partial charge in [0.15, 0.2) is 0 Å². The van der Waals surface area contributed by atoms with Crippen molar-refractivity contribution in [1.82, 2.24) is 9.97 Å². The number of anilines is 1. The highest BCUT2D eigenvalue weighted by molar-refractivity contribution is 5.24. The van der Waals surface area contributed by atoms with E-state index in [1.165, 1.54) is 0 Å². The van der Waals surface area contributed by atoms with Gasteiger partial charge in [-0.15, -0.1) is 12.3 Å². The molecule has 3 nitrogen and oxygen atoms in total. The molecule has 3 heteroatoms. The van der Waals surface area contributed by atoms with Crippen LogP contribution < -0.4 is 5.32 Å². The van der Waals surface area contributed by atoms with Gasteiger partial charge in [-0.2, -0.15) is 0 Å². The second kappa shape index (κ2) is 4.35. The van der Waals surface area contributed by atoms with Gasteiger partial charge in [0.25, 0.3) is 0 Å². The highest BCUT2D eigenvalue weighted by Gasteiger charge is 1.91. The molecule has 0 amide bonds. The van der Waals surface area contributed by atoms with Crippen LogP contribution in [0.15, 0.2) is 12.4 Å². The minimum atomic E-state index is 0.635. The molecule has 0 saturated heterocycles.